The van der Waals surface area contributed by atoms with E-state index in [4.69, 9.17) is 14.5 Å². The number of likely N-dealkylation sites (tertiary alicyclic amines) is 1. The lowest BCUT2D eigenvalue weighted by Gasteiger charge is -2.37. The summed E-state index contributed by atoms with van der Waals surface area (Å²) in [4.78, 5) is 72.1. The van der Waals surface area contributed by atoms with Crippen LogP contribution in [0, 0.1) is 23.2 Å². The number of hydrogen-bond donors (Lipinski definition) is 4. The van der Waals surface area contributed by atoms with Crippen molar-refractivity contribution >= 4 is 35.0 Å². The van der Waals surface area contributed by atoms with E-state index in [0.717, 1.165) is 43.2 Å². The van der Waals surface area contributed by atoms with Gasteiger partial charge in [0, 0.05) is 29.3 Å². The molecule has 0 unspecified atom stereocenters. The summed E-state index contributed by atoms with van der Waals surface area (Å²) < 4.78 is 42.9. The predicted molar refractivity (Wildman–Crippen MR) is 239 cm³/mol. The van der Waals surface area contributed by atoms with Crippen molar-refractivity contribution in [3.05, 3.63) is 83.6 Å². The fraction of sp³-hybridized carbons (Fsp3) is 0.469. The number of nitrogens with one attached hydrogen (secondary N) is 4. The predicted octanol–water partition coefficient (Wildman–Crippen LogP) is 8.68. The SMILES string of the molecule is COC(=O)N[C@H](C(=O)N1[C@@H]2CC[C@@H](C2)[C@H]1c1nc2ccc(-c3ccc4c(c3)C(F)(F)c3cc(-c5cnc(CN(CC6(C)CC6)C(=O)[C@H](NC(=O)OC)C(C)C)[nH]5)ccc3-4)cc2[nH]1)C(C)C. The van der Waals surface area contributed by atoms with E-state index in [-0.39, 0.29) is 64.7 Å². The summed E-state index contributed by atoms with van der Waals surface area (Å²) in [7, 11) is 2.53. The molecule has 342 valence electrons. The van der Waals surface area contributed by atoms with E-state index in [2.05, 4.69) is 32.5 Å². The number of amides is 4. The van der Waals surface area contributed by atoms with Crippen molar-refractivity contribution in [2.24, 2.45) is 23.2 Å². The number of carbonyl (C=O) groups is 4. The van der Waals surface area contributed by atoms with Crippen LogP contribution in [0.1, 0.15) is 95.5 Å². The Morgan fingerprint density at radius 3 is 2.11 bits per heavy atom. The van der Waals surface area contributed by atoms with E-state index in [1.807, 2.05) is 56.9 Å². The van der Waals surface area contributed by atoms with Crippen molar-refractivity contribution in [3.8, 4) is 33.5 Å². The summed E-state index contributed by atoms with van der Waals surface area (Å²) in [5.41, 5.74) is 4.55. The Bertz CT molecular complexity index is 2690. The first-order valence-electron chi connectivity index (χ1n) is 22.5. The van der Waals surface area contributed by atoms with Crippen LogP contribution in [0.4, 0.5) is 18.4 Å². The molecular weight excluding hydrogens is 835 g/mol. The number of halogens is 2. The first kappa shape index (κ1) is 43.9. The number of piperidine rings is 1. The molecule has 2 aromatic heterocycles. The van der Waals surface area contributed by atoms with Crippen LogP contribution < -0.4 is 10.6 Å². The number of ether oxygens (including phenoxy) is 2. The third kappa shape index (κ3) is 8.09. The molecule has 5 aromatic rings. The Labute approximate surface area is 376 Å². The van der Waals surface area contributed by atoms with Gasteiger partial charge in [0.05, 0.1) is 49.7 Å². The number of methoxy groups -OCH3 is 2. The zero-order valence-corrected chi connectivity index (χ0v) is 37.8. The van der Waals surface area contributed by atoms with Crippen LogP contribution >= 0.6 is 0 Å². The highest BCUT2D eigenvalue weighted by atomic mass is 19.3. The van der Waals surface area contributed by atoms with Gasteiger partial charge in [0.25, 0.3) is 5.92 Å². The van der Waals surface area contributed by atoms with Crippen LogP contribution in [0.25, 0.3) is 44.5 Å². The van der Waals surface area contributed by atoms with E-state index < -0.39 is 30.2 Å². The molecule has 5 atom stereocenters. The zero-order valence-electron chi connectivity index (χ0n) is 37.8. The molecule has 3 heterocycles. The first-order valence-corrected chi connectivity index (χ1v) is 22.5. The molecule has 9 rings (SSSR count). The number of alkyl halides is 2. The number of fused-ring (bicyclic) bond motifs is 6. The van der Waals surface area contributed by atoms with Gasteiger partial charge in [-0.25, -0.2) is 19.6 Å². The minimum Gasteiger partial charge on any atom is -0.453 e. The van der Waals surface area contributed by atoms with Crippen molar-refractivity contribution in [2.45, 2.75) is 103 Å². The molecule has 2 bridgehead atoms. The van der Waals surface area contributed by atoms with Crippen LogP contribution in [-0.2, 0) is 31.5 Å². The molecule has 14 nitrogen and oxygen atoms in total. The number of aromatic amines is 2. The highest BCUT2D eigenvalue weighted by Crippen LogP contribution is 2.53. The lowest BCUT2D eigenvalue weighted by atomic mass is 9.95. The Morgan fingerprint density at radius 1 is 0.846 bits per heavy atom. The van der Waals surface area contributed by atoms with Gasteiger partial charge in [0.15, 0.2) is 0 Å². The van der Waals surface area contributed by atoms with Gasteiger partial charge in [-0.05, 0) is 102 Å². The highest BCUT2D eigenvalue weighted by Gasteiger charge is 2.52. The maximum absolute atomic E-state index is 16.6. The molecule has 0 radical (unpaired) electrons. The molecule has 3 aliphatic carbocycles. The van der Waals surface area contributed by atoms with E-state index in [1.165, 1.54) is 20.3 Å². The maximum Gasteiger partial charge on any atom is 0.407 e. The van der Waals surface area contributed by atoms with Crippen LogP contribution in [0.2, 0.25) is 0 Å². The summed E-state index contributed by atoms with van der Waals surface area (Å²) in [6.07, 6.45) is 4.93. The highest BCUT2D eigenvalue weighted by molar-refractivity contribution is 5.89. The topological polar surface area (TPSA) is 175 Å². The van der Waals surface area contributed by atoms with E-state index in [1.54, 1.807) is 35.4 Å². The summed E-state index contributed by atoms with van der Waals surface area (Å²) >= 11 is 0. The summed E-state index contributed by atoms with van der Waals surface area (Å²) in [5, 5.41) is 5.41. The zero-order chi connectivity index (χ0) is 46.1. The van der Waals surface area contributed by atoms with Crippen molar-refractivity contribution in [3.63, 3.8) is 0 Å². The number of benzene rings is 3. The average molecular weight is 891 g/mol. The number of rotatable bonds is 13. The Balaban J connectivity index is 0.946. The average Bonchev–Trinajstić information content (AvgIpc) is 3.86. The van der Waals surface area contributed by atoms with Crippen molar-refractivity contribution in [1.29, 1.82) is 0 Å². The molecular formula is C49H56F2N8O6. The number of hydrogen-bond acceptors (Lipinski definition) is 8. The van der Waals surface area contributed by atoms with E-state index in [9.17, 15) is 19.2 Å². The third-order valence-corrected chi connectivity index (χ3v) is 14.0. The molecule has 0 spiro atoms. The van der Waals surface area contributed by atoms with Gasteiger partial charge in [-0.3, -0.25) is 9.59 Å². The maximum atomic E-state index is 16.6. The molecule has 4 aliphatic rings. The lowest BCUT2D eigenvalue weighted by molar-refractivity contribution is -0.139. The molecule has 1 aliphatic heterocycles. The lowest BCUT2D eigenvalue weighted by Crippen LogP contribution is -2.54. The van der Waals surface area contributed by atoms with Gasteiger partial charge in [-0.15, -0.1) is 0 Å². The summed E-state index contributed by atoms with van der Waals surface area (Å²) in [6.45, 7) is 10.2. The van der Waals surface area contributed by atoms with E-state index >= 15 is 8.78 Å². The number of carbonyl (C=O) groups excluding carboxylic acids is 4. The standard InChI is InChI=1S/C49H56F2N8O6/c1-25(2)40(56-46(62)64-6)44(60)58(24-48(5)16-17-48)23-39-52-22-38(53-39)29-10-14-33-32-13-9-27(19-34(32)49(50,51)35(33)20-29)28-11-15-36-37(21-28)55-43(54-36)42-30-8-12-31(18-30)59(42)45(61)41(26(3)4)57-47(63)65-7/h9-11,13-15,19-22,25-26,30-31,40-42H,8,12,16-18,23-24H2,1-7H3,(H,52,53)(H,54,55)(H,56,62)(H,57,63)/t30-,31+,40+,41-,42-/m0/s1. The van der Waals surface area contributed by atoms with Gasteiger partial charge in [-0.2, -0.15) is 8.78 Å². The second-order valence-corrected chi connectivity index (χ2v) is 19.3. The molecule has 4 N–H and O–H groups in total. The van der Waals surface area contributed by atoms with Gasteiger partial charge < -0.3 is 39.9 Å². The monoisotopic (exact) mass is 890 g/mol. The Kier molecular flexibility index (Phi) is 11.2. The summed E-state index contributed by atoms with van der Waals surface area (Å²) in [6, 6.07) is 14.0. The van der Waals surface area contributed by atoms with Crippen LogP contribution in [0.5, 0.6) is 0 Å². The number of aromatic nitrogens is 4. The van der Waals surface area contributed by atoms with Crippen LogP contribution in [0.15, 0.2) is 60.8 Å². The Morgan fingerprint density at radius 2 is 1.46 bits per heavy atom. The minimum absolute atomic E-state index is 0.0289. The van der Waals surface area contributed by atoms with Gasteiger partial charge in [-0.1, -0.05) is 65.0 Å². The molecule has 65 heavy (non-hydrogen) atoms. The van der Waals surface area contributed by atoms with Gasteiger partial charge in [0.1, 0.15) is 23.7 Å². The summed E-state index contributed by atoms with van der Waals surface area (Å²) in [5.74, 6) is -2.68. The van der Waals surface area contributed by atoms with E-state index in [0.29, 0.717) is 51.7 Å². The first-order chi connectivity index (χ1) is 31.0. The molecule has 1 saturated heterocycles. The third-order valence-electron chi connectivity index (χ3n) is 14.0. The number of H-pyrrole nitrogens is 2. The molecule has 3 fully saturated rings. The van der Waals surface area contributed by atoms with Gasteiger partial charge >= 0.3 is 12.2 Å². The molecule has 2 saturated carbocycles. The van der Waals surface area contributed by atoms with Crippen molar-refractivity contribution in [1.82, 2.24) is 40.4 Å². The molecule has 4 amide bonds. The van der Waals surface area contributed by atoms with Crippen LogP contribution in [-0.4, -0.2) is 92.6 Å². The number of nitrogens with zero attached hydrogens (tertiary/aromatic N) is 4. The smallest absolute Gasteiger partial charge is 0.407 e. The molecule has 3 aromatic carbocycles. The van der Waals surface area contributed by atoms with Crippen molar-refractivity contribution in [2.75, 3.05) is 20.8 Å². The van der Waals surface area contributed by atoms with Gasteiger partial charge in [0.2, 0.25) is 11.8 Å². The fourth-order valence-corrected chi connectivity index (χ4v) is 10.1. The minimum atomic E-state index is -3.29. The van der Waals surface area contributed by atoms with Crippen molar-refractivity contribution < 1.29 is 37.4 Å². The second-order valence-electron chi connectivity index (χ2n) is 19.3. The second kappa shape index (κ2) is 16.6. The number of alkyl carbamates (subject to hydrolysis) is 2. The quantitative estimate of drug-likeness (QED) is 0.0909. The Hall–Kier alpha value is -6.32. The largest absolute Gasteiger partial charge is 0.453 e. The normalized spacial score (nSPS) is 20.7. The van der Waals surface area contributed by atoms with Crippen LogP contribution in [0.3, 0.4) is 0 Å². The fourth-order valence-electron chi connectivity index (χ4n) is 10.1. The number of imidazole rings is 2. The molecule has 16 heteroatoms.